The van der Waals surface area contributed by atoms with Crippen LogP contribution in [-0.2, 0) is 12.6 Å². The van der Waals surface area contributed by atoms with Crippen molar-refractivity contribution in [3.05, 3.63) is 40.3 Å². The summed E-state index contributed by atoms with van der Waals surface area (Å²) in [7, 11) is 0. The third-order valence-corrected chi connectivity index (χ3v) is 3.82. The molecule has 0 amide bonds. The molecule has 0 fully saturated rings. The smallest absolute Gasteiger partial charge is 0.370 e. The van der Waals surface area contributed by atoms with Crippen molar-refractivity contribution in [3.63, 3.8) is 0 Å². The summed E-state index contributed by atoms with van der Waals surface area (Å²) in [5.74, 6) is 0.207. The quantitative estimate of drug-likeness (QED) is 0.401. The molecule has 2 heterocycles. The number of guanidine groups is 1. The predicted octanol–water partition coefficient (Wildman–Crippen LogP) is 2.12. The van der Waals surface area contributed by atoms with E-state index in [9.17, 15) is 13.2 Å². The molecule has 0 unspecified atom stereocenters. The van der Waals surface area contributed by atoms with E-state index in [2.05, 4.69) is 25.6 Å². The number of nitrogens with two attached hydrogens (primary N) is 1. The Morgan fingerprint density at radius 3 is 2.83 bits per heavy atom. The zero-order valence-corrected chi connectivity index (χ0v) is 13.5. The van der Waals surface area contributed by atoms with Crippen molar-refractivity contribution in [2.75, 3.05) is 25.0 Å². The lowest BCUT2D eigenvalue weighted by Gasteiger charge is -2.09. The summed E-state index contributed by atoms with van der Waals surface area (Å²) in [5.41, 5.74) is 4.72. The Morgan fingerprint density at radius 2 is 2.12 bits per heavy atom. The van der Waals surface area contributed by atoms with Gasteiger partial charge < -0.3 is 16.4 Å². The SMILES string of the molecule is NC(=NCCc1cccs1)NCCNc1nccc(C(F)(F)F)n1. The Bertz CT molecular complexity index is 657. The largest absolute Gasteiger partial charge is 0.433 e. The number of nitrogens with zero attached hydrogens (tertiary/aromatic N) is 3. The highest BCUT2D eigenvalue weighted by Gasteiger charge is 2.32. The third kappa shape index (κ3) is 6.03. The molecular formula is C14H17F3N6S. The van der Waals surface area contributed by atoms with Crippen LogP contribution in [0, 0.1) is 0 Å². The molecule has 4 N–H and O–H groups in total. The number of hydrogen-bond donors (Lipinski definition) is 3. The van der Waals surface area contributed by atoms with Gasteiger partial charge in [-0.1, -0.05) is 6.07 Å². The van der Waals surface area contributed by atoms with Gasteiger partial charge in [-0.15, -0.1) is 11.3 Å². The molecule has 0 aliphatic carbocycles. The number of alkyl halides is 3. The van der Waals surface area contributed by atoms with E-state index in [0.717, 1.165) is 18.7 Å². The van der Waals surface area contributed by atoms with Crippen molar-refractivity contribution in [1.29, 1.82) is 0 Å². The van der Waals surface area contributed by atoms with Gasteiger partial charge in [-0.25, -0.2) is 9.97 Å². The standard InChI is InChI=1S/C14H17F3N6S/c15-14(16,17)11-4-6-21-13(23-11)22-8-7-20-12(18)19-5-3-10-2-1-9-24-10/h1-2,4,6,9H,3,5,7-8H2,(H3,18,19,20)(H,21,22,23). The maximum absolute atomic E-state index is 12.5. The maximum atomic E-state index is 12.5. The number of rotatable bonds is 7. The summed E-state index contributed by atoms with van der Waals surface area (Å²) in [5, 5.41) is 7.57. The topological polar surface area (TPSA) is 88.2 Å². The van der Waals surface area contributed by atoms with Crippen LogP contribution in [0.5, 0.6) is 0 Å². The number of aromatic nitrogens is 2. The molecular weight excluding hydrogens is 341 g/mol. The molecule has 24 heavy (non-hydrogen) atoms. The van der Waals surface area contributed by atoms with E-state index >= 15 is 0 Å². The molecule has 0 aliphatic heterocycles. The van der Waals surface area contributed by atoms with Gasteiger partial charge in [-0.2, -0.15) is 13.2 Å². The molecule has 6 nitrogen and oxygen atoms in total. The minimum absolute atomic E-state index is 0.0835. The van der Waals surface area contributed by atoms with Crippen LogP contribution in [0.25, 0.3) is 0 Å². The van der Waals surface area contributed by atoms with Crippen molar-refractivity contribution in [2.45, 2.75) is 12.6 Å². The van der Waals surface area contributed by atoms with Gasteiger partial charge in [0.15, 0.2) is 5.96 Å². The number of anilines is 1. The molecule has 0 spiro atoms. The lowest BCUT2D eigenvalue weighted by Crippen LogP contribution is -2.35. The molecule has 0 saturated heterocycles. The van der Waals surface area contributed by atoms with Crippen molar-refractivity contribution in [3.8, 4) is 0 Å². The van der Waals surface area contributed by atoms with Gasteiger partial charge in [0, 0.05) is 37.1 Å². The fourth-order valence-corrected chi connectivity index (χ4v) is 2.46. The van der Waals surface area contributed by atoms with Crippen LogP contribution in [-0.4, -0.2) is 35.6 Å². The normalized spacial score (nSPS) is 12.2. The lowest BCUT2D eigenvalue weighted by atomic mass is 10.3. The van der Waals surface area contributed by atoms with Crippen LogP contribution in [0.4, 0.5) is 19.1 Å². The van der Waals surface area contributed by atoms with Crippen molar-refractivity contribution in [2.24, 2.45) is 10.7 Å². The molecule has 10 heteroatoms. The molecule has 2 rings (SSSR count). The van der Waals surface area contributed by atoms with Crippen LogP contribution in [0.1, 0.15) is 10.6 Å². The van der Waals surface area contributed by atoms with E-state index in [-0.39, 0.29) is 5.95 Å². The summed E-state index contributed by atoms with van der Waals surface area (Å²) in [4.78, 5) is 12.5. The first-order valence-corrected chi connectivity index (χ1v) is 8.03. The van der Waals surface area contributed by atoms with Crippen LogP contribution in [0.2, 0.25) is 0 Å². The molecule has 130 valence electrons. The third-order valence-electron chi connectivity index (χ3n) is 2.88. The number of hydrogen-bond acceptors (Lipinski definition) is 5. The number of thiophene rings is 1. The molecule has 0 atom stereocenters. The Hall–Kier alpha value is -2.36. The molecule has 0 aliphatic rings. The van der Waals surface area contributed by atoms with Crippen molar-refractivity contribution < 1.29 is 13.2 Å². The first-order valence-electron chi connectivity index (χ1n) is 7.15. The zero-order valence-electron chi connectivity index (χ0n) is 12.7. The van der Waals surface area contributed by atoms with Crippen molar-refractivity contribution >= 4 is 23.2 Å². The maximum Gasteiger partial charge on any atom is 0.433 e. The minimum atomic E-state index is -4.49. The highest BCUT2D eigenvalue weighted by molar-refractivity contribution is 7.09. The fourth-order valence-electron chi connectivity index (χ4n) is 1.76. The average molecular weight is 358 g/mol. The Labute approximate surface area is 141 Å². The van der Waals surface area contributed by atoms with Crippen LogP contribution in [0.3, 0.4) is 0 Å². The van der Waals surface area contributed by atoms with Gasteiger partial charge in [-0.3, -0.25) is 4.99 Å². The molecule has 0 bridgehead atoms. The molecule has 0 aromatic carbocycles. The zero-order chi connectivity index (χ0) is 17.4. The molecule has 0 saturated carbocycles. The van der Waals surface area contributed by atoms with Gasteiger partial charge in [0.25, 0.3) is 0 Å². The molecule has 2 aromatic heterocycles. The van der Waals surface area contributed by atoms with E-state index in [0.29, 0.717) is 25.6 Å². The van der Waals surface area contributed by atoms with E-state index < -0.39 is 11.9 Å². The lowest BCUT2D eigenvalue weighted by molar-refractivity contribution is -0.141. The van der Waals surface area contributed by atoms with Crippen molar-refractivity contribution in [1.82, 2.24) is 15.3 Å². The second-order valence-electron chi connectivity index (χ2n) is 4.71. The van der Waals surface area contributed by atoms with Gasteiger partial charge >= 0.3 is 6.18 Å². The number of halogens is 3. The van der Waals surface area contributed by atoms with Crippen LogP contribution < -0.4 is 16.4 Å². The molecule has 0 radical (unpaired) electrons. The fraction of sp³-hybridized carbons (Fsp3) is 0.357. The average Bonchev–Trinajstić information content (AvgIpc) is 3.04. The van der Waals surface area contributed by atoms with E-state index in [4.69, 9.17) is 5.73 Å². The predicted molar refractivity (Wildman–Crippen MR) is 88.0 cm³/mol. The highest BCUT2D eigenvalue weighted by atomic mass is 32.1. The monoisotopic (exact) mass is 358 g/mol. The van der Waals surface area contributed by atoms with Crippen LogP contribution >= 0.6 is 11.3 Å². The second kappa shape index (κ2) is 8.48. The Kier molecular flexibility index (Phi) is 6.36. The Morgan fingerprint density at radius 1 is 1.29 bits per heavy atom. The highest BCUT2D eigenvalue weighted by Crippen LogP contribution is 2.27. The summed E-state index contributed by atoms with van der Waals surface area (Å²) < 4.78 is 37.6. The van der Waals surface area contributed by atoms with E-state index in [1.54, 1.807) is 11.3 Å². The van der Waals surface area contributed by atoms with E-state index in [1.807, 2.05) is 17.5 Å². The van der Waals surface area contributed by atoms with Gasteiger partial charge in [0.05, 0.1) is 0 Å². The van der Waals surface area contributed by atoms with Gasteiger partial charge in [-0.05, 0) is 17.5 Å². The minimum Gasteiger partial charge on any atom is -0.370 e. The summed E-state index contributed by atoms with van der Waals surface area (Å²) in [6, 6.07) is 4.83. The van der Waals surface area contributed by atoms with E-state index in [1.165, 1.54) is 4.88 Å². The van der Waals surface area contributed by atoms with Crippen LogP contribution in [0.15, 0.2) is 34.8 Å². The first kappa shape index (κ1) is 18.0. The Balaban J connectivity index is 1.68. The summed E-state index contributed by atoms with van der Waals surface area (Å²) in [6.07, 6.45) is -2.61. The number of nitrogens with one attached hydrogen (secondary N) is 2. The first-order chi connectivity index (χ1) is 11.4. The second-order valence-corrected chi connectivity index (χ2v) is 5.75. The summed E-state index contributed by atoms with van der Waals surface area (Å²) in [6.45, 7) is 1.26. The molecule has 2 aromatic rings. The van der Waals surface area contributed by atoms with Gasteiger partial charge in [0.1, 0.15) is 5.69 Å². The number of aliphatic imine (C=N–C) groups is 1. The van der Waals surface area contributed by atoms with Gasteiger partial charge in [0.2, 0.25) is 5.95 Å². The summed E-state index contributed by atoms with van der Waals surface area (Å²) >= 11 is 1.66.